The Bertz CT molecular complexity index is 562. The first kappa shape index (κ1) is 16.7. The third-order valence-electron chi connectivity index (χ3n) is 3.83. The van der Waals surface area contributed by atoms with E-state index in [-0.39, 0.29) is 5.91 Å². The second-order valence-corrected chi connectivity index (χ2v) is 6.55. The van der Waals surface area contributed by atoms with Crippen LogP contribution in [-0.4, -0.2) is 24.5 Å². The number of esters is 1. The Morgan fingerprint density at radius 1 is 1.41 bits per heavy atom. The Morgan fingerprint density at radius 3 is 2.86 bits per heavy atom. The summed E-state index contributed by atoms with van der Waals surface area (Å²) in [5.74, 6) is -0.663. The van der Waals surface area contributed by atoms with E-state index in [1.165, 1.54) is 29.8 Å². The second-order valence-electron chi connectivity index (χ2n) is 5.63. The monoisotopic (exact) mass is 321 g/mol. The molecule has 1 N–H and O–H groups in total. The van der Waals surface area contributed by atoms with Crippen molar-refractivity contribution in [2.45, 2.75) is 52.1 Å². The Labute approximate surface area is 135 Å². The van der Waals surface area contributed by atoms with Crippen LogP contribution in [-0.2, 0) is 9.53 Å². The first-order valence-electron chi connectivity index (χ1n) is 7.78. The number of allylic oxidation sites excluding steroid dienone is 1. The fourth-order valence-electron chi connectivity index (χ4n) is 2.47. The molecule has 1 aliphatic rings. The number of rotatable bonds is 6. The number of ether oxygens (including phenoxy) is 1. The smallest absolute Gasteiger partial charge is 0.349 e. The van der Waals surface area contributed by atoms with Crippen LogP contribution < -0.4 is 5.32 Å². The summed E-state index contributed by atoms with van der Waals surface area (Å²) >= 11 is 1.33. The molecule has 4 nitrogen and oxygen atoms in total. The SMILES string of the molecule is Cc1ccsc1C(=O)O[C@H](C)C(=O)NCCC1=CCCCC1. The van der Waals surface area contributed by atoms with E-state index in [4.69, 9.17) is 4.74 Å². The highest BCUT2D eigenvalue weighted by Gasteiger charge is 2.20. The van der Waals surface area contributed by atoms with Crippen molar-refractivity contribution in [2.75, 3.05) is 6.54 Å². The summed E-state index contributed by atoms with van der Waals surface area (Å²) in [6, 6.07) is 1.86. The van der Waals surface area contributed by atoms with E-state index in [1.807, 2.05) is 18.4 Å². The molecule has 0 saturated carbocycles. The molecule has 0 aromatic carbocycles. The number of thiophene rings is 1. The lowest BCUT2D eigenvalue weighted by Crippen LogP contribution is -2.36. The van der Waals surface area contributed by atoms with Crippen LogP contribution in [0, 0.1) is 6.92 Å². The lowest BCUT2D eigenvalue weighted by atomic mass is 9.97. The molecule has 1 aromatic rings. The zero-order chi connectivity index (χ0) is 15.9. The fourth-order valence-corrected chi connectivity index (χ4v) is 3.28. The summed E-state index contributed by atoms with van der Waals surface area (Å²) in [6.07, 6.45) is 7.19. The Kier molecular flexibility index (Phi) is 6.19. The first-order valence-corrected chi connectivity index (χ1v) is 8.66. The maximum atomic E-state index is 12.0. The molecule has 2 rings (SSSR count). The van der Waals surface area contributed by atoms with Crippen molar-refractivity contribution in [3.63, 3.8) is 0 Å². The van der Waals surface area contributed by atoms with Crippen LogP contribution in [0.4, 0.5) is 0 Å². The topological polar surface area (TPSA) is 55.4 Å². The molecular weight excluding hydrogens is 298 g/mol. The van der Waals surface area contributed by atoms with Crippen LogP contribution in [0.2, 0.25) is 0 Å². The highest BCUT2D eigenvalue weighted by atomic mass is 32.1. The van der Waals surface area contributed by atoms with Gasteiger partial charge in [0.2, 0.25) is 0 Å². The number of hydrogen-bond donors (Lipinski definition) is 1. The van der Waals surface area contributed by atoms with Crippen LogP contribution >= 0.6 is 11.3 Å². The number of carbonyl (C=O) groups excluding carboxylic acids is 2. The summed E-state index contributed by atoms with van der Waals surface area (Å²) in [7, 11) is 0. The van der Waals surface area contributed by atoms with Gasteiger partial charge in [0.25, 0.3) is 5.91 Å². The lowest BCUT2D eigenvalue weighted by molar-refractivity contribution is -0.129. The van der Waals surface area contributed by atoms with Gasteiger partial charge in [0.1, 0.15) is 4.88 Å². The molecule has 1 amide bonds. The zero-order valence-electron chi connectivity index (χ0n) is 13.2. The van der Waals surface area contributed by atoms with E-state index in [0.29, 0.717) is 11.4 Å². The molecule has 1 aliphatic carbocycles. The van der Waals surface area contributed by atoms with Crippen molar-refractivity contribution in [1.82, 2.24) is 5.32 Å². The maximum absolute atomic E-state index is 12.0. The van der Waals surface area contributed by atoms with Crippen molar-refractivity contribution < 1.29 is 14.3 Å². The predicted octanol–water partition coefficient (Wildman–Crippen LogP) is 3.61. The van der Waals surface area contributed by atoms with Gasteiger partial charge in [-0.05, 0) is 63.0 Å². The van der Waals surface area contributed by atoms with Crippen LogP contribution in [0.15, 0.2) is 23.1 Å². The summed E-state index contributed by atoms with van der Waals surface area (Å²) in [4.78, 5) is 24.5. The van der Waals surface area contributed by atoms with Gasteiger partial charge in [-0.15, -0.1) is 11.3 Å². The van der Waals surface area contributed by atoms with Crippen LogP contribution in [0.5, 0.6) is 0 Å². The predicted molar refractivity (Wildman–Crippen MR) is 88.1 cm³/mol. The van der Waals surface area contributed by atoms with E-state index in [9.17, 15) is 9.59 Å². The lowest BCUT2D eigenvalue weighted by Gasteiger charge is -2.15. The van der Waals surface area contributed by atoms with E-state index in [1.54, 1.807) is 6.92 Å². The Hall–Kier alpha value is -1.62. The average Bonchev–Trinajstić information content (AvgIpc) is 2.94. The number of aryl methyl sites for hydroxylation is 1. The average molecular weight is 321 g/mol. The van der Waals surface area contributed by atoms with E-state index in [0.717, 1.165) is 24.8 Å². The maximum Gasteiger partial charge on any atom is 0.349 e. The third-order valence-corrected chi connectivity index (χ3v) is 4.83. The molecule has 1 aromatic heterocycles. The van der Waals surface area contributed by atoms with Crippen LogP contribution in [0.3, 0.4) is 0 Å². The van der Waals surface area contributed by atoms with Gasteiger partial charge in [0.05, 0.1) is 0 Å². The standard InChI is InChI=1S/C17H23NO3S/c1-12-9-11-22-15(12)17(20)21-13(2)16(19)18-10-8-14-6-4-3-5-7-14/h6,9,11,13H,3-5,7-8,10H2,1-2H3,(H,18,19)/t13-/m1/s1. The first-order chi connectivity index (χ1) is 10.6. The highest BCUT2D eigenvalue weighted by Crippen LogP contribution is 2.19. The minimum Gasteiger partial charge on any atom is -0.448 e. The van der Waals surface area contributed by atoms with Crippen molar-refractivity contribution in [2.24, 2.45) is 0 Å². The summed E-state index contributed by atoms with van der Waals surface area (Å²) < 4.78 is 5.22. The molecule has 5 heteroatoms. The van der Waals surface area contributed by atoms with Crippen molar-refractivity contribution in [3.8, 4) is 0 Å². The molecule has 0 fully saturated rings. The van der Waals surface area contributed by atoms with E-state index < -0.39 is 12.1 Å². The quantitative estimate of drug-likeness (QED) is 0.643. The van der Waals surface area contributed by atoms with Gasteiger partial charge in [0, 0.05) is 6.54 Å². The van der Waals surface area contributed by atoms with Crippen molar-refractivity contribution >= 4 is 23.2 Å². The number of nitrogens with one attached hydrogen (secondary N) is 1. The van der Waals surface area contributed by atoms with Gasteiger partial charge in [0.15, 0.2) is 6.10 Å². The zero-order valence-corrected chi connectivity index (χ0v) is 14.0. The van der Waals surface area contributed by atoms with Gasteiger partial charge in [-0.1, -0.05) is 11.6 Å². The summed E-state index contributed by atoms with van der Waals surface area (Å²) in [5.41, 5.74) is 2.30. The number of amides is 1. The Morgan fingerprint density at radius 2 is 2.23 bits per heavy atom. The number of carbonyl (C=O) groups is 2. The van der Waals surface area contributed by atoms with Gasteiger partial charge in [-0.2, -0.15) is 0 Å². The molecular formula is C17H23NO3S. The van der Waals surface area contributed by atoms with Gasteiger partial charge >= 0.3 is 5.97 Å². The minimum absolute atomic E-state index is 0.237. The normalized spacial score (nSPS) is 15.8. The largest absolute Gasteiger partial charge is 0.448 e. The molecule has 0 radical (unpaired) electrons. The molecule has 0 aliphatic heterocycles. The van der Waals surface area contributed by atoms with Crippen LogP contribution in [0.1, 0.15) is 54.3 Å². The Balaban J connectivity index is 1.73. The minimum atomic E-state index is -0.769. The van der Waals surface area contributed by atoms with Gasteiger partial charge < -0.3 is 10.1 Å². The van der Waals surface area contributed by atoms with Gasteiger partial charge in [-0.3, -0.25) is 4.79 Å². The molecule has 1 heterocycles. The summed E-state index contributed by atoms with van der Waals surface area (Å²) in [5, 5.41) is 4.68. The summed E-state index contributed by atoms with van der Waals surface area (Å²) in [6.45, 7) is 4.07. The van der Waals surface area contributed by atoms with Crippen molar-refractivity contribution in [1.29, 1.82) is 0 Å². The molecule has 0 spiro atoms. The van der Waals surface area contributed by atoms with E-state index >= 15 is 0 Å². The number of hydrogen-bond acceptors (Lipinski definition) is 4. The van der Waals surface area contributed by atoms with Crippen LogP contribution in [0.25, 0.3) is 0 Å². The fraction of sp³-hybridized carbons (Fsp3) is 0.529. The molecule has 0 unspecified atom stereocenters. The molecule has 1 atom stereocenters. The van der Waals surface area contributed by atoms with Crippen molar-refractivity contribution in [3.05, 3.63) is 33.5 Å². The molecule has 0 saturated heterocycles. The highest BCUT2D eigenvalue weighted by molar-refractivity contribution is 7.12. The van der Waals surface area contributed by atoms with Gasteiger partial charge in [-0.25, -0.2) is 4.79 Å². The molecule has 22 heavy (non-hydrogen) atoms. The van der Waals surface area contributed by atoms with E-state index in [2.05, 4.69) is 11.4 Å². The second kappa shape index (κ2) is 8.13. The third kappa shape index (κ3) is 4.70. The molecule has 0 bridgehead atoms. The molecule has 120 valence electrons.